The molecule has 102 valence electrons. The highest BCUT2D eigenvalue weighted by atomic mass is 127. The Morgan fingerprint density at radius 3 is 2.19 bits per heavy atom. The first-order valence-corrected chi connectivity index (χ1v) is 7.57. The second kappa shape index (κ2) is 4.70. The molecule has 2 aromatic carbocycles. The molecule has 0 unspecified atom stereocenters. The monoisotopic (exact) mass is 387 g/mol. The van der Waals surface area contributed by atoms with Gasteiger partial charge in [-0.1, -0.05) is 36.4 Å². The molecule has 0 atom stereocenters. The van der Waals surface area contributed by atoms with Crippen LogP contribution in [0.2, 0.25) is 0 Å². The Morgan fingerprint density at radius 2 is 1.48 bits per heavy atom. The Kier molecular flexibility index (Phi) is 2.81. The van der Waals surface area contributed by atoms with E-state index in [4.69, 9.17) is 0 Å². The minimum absolute atomic E-state index is 0.335. The summed E-state index contributed by atoms with van der Waals surface area (Å²) in [6.45, 7) is 0. The Labute approximate surface area is 133 Å². The first-order valence-electron chi connectivity index (χ1n) is 6.50. The predicted octanol–water partition coefficient (Wildman–Crippen LogP) is 3.68. The van der Waals surface area contributed by atoms with E-state index in [2.05, 4.69) is 43.6 Å². The fraction of sp³-hybridized carbons (Fsp3) is 0. The summed E-state index contributed by atoms with van der Waals surface area (Å²) >= 11 is 2.30. The average molecular weight is 387 g/mol. The molecule has 21 heavy (non-hydrogen) atoms. The minimum atomic E-state index is -0.335. The Morgan fingerprint density at radius 1 is 0.857 bits per heavy atom. The van der Waals surface area contributed by atoms with Crippen LogP contribution in [0.25, 0.3) is 33.2 Å². The first-order chi connectivity index (χ1) is 10.2. The summed E-state index contributed by atoms with van der Waals surface area (Å²) in [6.07, 6.45) is 0. The Bertz CT molecular complexity index is 1030. The predicted molar refractivity (Wildman–Crippen MR) is 92.4 cm³/mol. The van der Waals surface area contributed by atoms with Gasteiger partial charge in [-0.15, -0.1) is 0 Å². The molecule has 5 heteroatoms. The van der Waals surface area contributed by atoms with Gasteiger partial charge in [0.25, 0.3) is 0 Å². The molecule has 0 amide bonds. The van der Waals surface area contributed by atoms with Crippen LogP contribution in [0.5, 0.6) is 0 Å². The highest BCUT2D eigenvalue weighted by molar-refractivity contribution is 14.1. The third kappa shape index (κ3) is 1.96. The lowest BCUT2D eigenvalue weighted by atomic mass is 10.1. The second-order valence-corrected chi connectivity index (χ2v) is 5.87. The number of hydrogen-bond donors (Lipinski definition) is 2. The van der Waals surface area contributed by atoms with E-state index in [1.807, 2.05) is 42.5 Å². The van der Waals surface area contributed by atoms with E-state index in [9.17, 15) is 4.79 Å². The molecule has 2 aromatic heterocycles. The van der Waals surface area contributed by atoms with Crippen molar-refractivity contribution in [2.75, 3.05) is 0 Å². The molecule has 0 spiro atoms. The molecular weight excluding hydrogens is 377 g/mol. The third-order valence-corrected chi connectivity index (χ3v) is 4.64. The van der Waals surface area contributed by atoms with Gasteiger partial charge in [0.2, 0.25) is 0 Å². The SMILES string of the molecule is O=c1nc(-c2[nH]c3ccccc3c2I)c2ccccc2[nH]1. The topological polar surface area (TPSA) is 61.5 Å². The van der Waals surface area contributed by atoms with Gasteiger partial charge in [-0.2, -0.15) is 4.98 Å². The molecule has 0 radical (unpaired) electrons. The maximum atomic E-state index is 11.8. The van der Waals surface area contributed by atoms with Crippen molar-refractivity contribution >= 4 is 44.4 Å². The van der Waals surface area contributed by atoms with E-state index in [-0.39, 0.29) is 5.69 Å². The average Bonchev–Trinajstić information content (AvgIpc) is 2.84. The van der Waals surface area contributed by atoms with Gasteiger partial charge in [0.05, 0.1) is 11.2 Å². The molecule has 2 N–H and O–H groups in total. The number of nitrogens with zero attached hydrogens (tertiary/aromatic N) is 1. The number of para-hydroxylation sites is 2. The third-order valence-electron chi connectivity index (χ3n) is 3.52. The molecule has 4 nitrogen and oxygen atoms in total. The number of nitrogens with one attached hydrogen (secondary N) is 2. The fourth-order valence-corrected chi connectivity index (χ4v) is 3.43. The lowest BCUT2D eigenvalue weighted by Gasteiger charge is -2.04. The van der Waals surface area contributed by atoms with Crippen molar-refractivity contribution in [1.82, 2.24) is 15.0 Å². The van der Waals surface area contributed by atoms with Crippen molar-refractivity contribution in [3.8, 4) is 11.4 Å². The number of hydrogen-bond acceptors (Lipinski definition) is 2. The van der Waals surface area contributed by atoms with Crippen LogP contribution in [0.4, 0.5) is 0 Å². The van der Waals surface area contributed by atoms with Crippen LogP contribution < -0.4 is 5.69 Å². The van der Waals surface area contributed by atoms with Gasteiger partial charge in [-0.3, -0.25) is 0 Å². The maximum Gasteiger partial charge on any atom is 0.346 e. The zero-order valence-corrected chi connectivity index (χ0v) is 13.0. The summed E-state index contributed by atoms with van der Waals surface area (Å²) in [4.78, 5) is 22.1. The van der Waals surface area contributed by atoms with Crippen LogP contribution in [0.1, 0.15) is 0 Å². The number of aromatic amines is 2. The lowest BCUT2D eigenvalue weighted by Crippen LogP contribution is -2.11. The van der Waals surface area contributed by atoms with Crippen molar-refractivity contribution in [1.29, 1.82) is 0 Å². The van der Waals surface area contributed by atoms with Crippen molar-refractivity contribution in [3.63, 3.8) is 0 Å². The zero-order chi connectivity index (χ0) is 14.4. The molecule has 0 aliphatic rings. The smallest absolute Gasteiger partial charge is 0.346 e. The van der Waals surface area contributed by atoms with Crippen molar-refractivity contribution in [3.05, 3.63) is 62.6 Å². The molecule has 0 aliphatic carbocycles. The van der Waals surface area contributed by atoms with Crippen LogP contribution >= 0.6 is 22.6 Å². The van der Waals surface area contributed by atoms with Gasteiger partial charge in [0.15, 0.2) is 0 Å². The maximum absolute atomic E-state index is 11.8. The van der Waals surface area contributed by atoms with Gasteiger partial charge in [0.1, 0.15) is 5.69 Å². The molecule has 0 bridgehead atoms. The normalized spacial score (nSPS) is 11.3. The number of halogens is 1. The molecular formula is C16H10IN3O. The number of benzene rings is 2. The Hall–Kier alpha value is -2.15. The summed E-state index contributed by atoms with van der Waals surface area (Å²) in [5.74, 6) is 0. The summed E-state index contributed by atoms with van der Waals surface area (Å²) in [6, 6.07) is 15.8. The first kappa shape index (κ1) is 12.6. The lowest BCUT2D eigenvalue weighted by molar-refractivity contribution is 1.12. The van der Waals surface area contributed by atoms with E-state index in [1.54, 1.807) is 0 Å². The highest BCUT2D eigenvalue weighted by Gasteiger charge is 2.15. The van der Waals surface area contributed by atoms with E-state index in [0.717, 1.165) is 31.1 Å². The molecule has 0 saturated heterocycles. The number of rotatable bonds is 1. The number of fused-ring (bicyclic) bond motifs is 2. The van der Waals surface area contributed by atoms with Gasteiger partial charge >= 0.3 is 5.69 Å². The van der Waals surface area contributed by atoms with Gasteiger partial charge in [-0.05, 0) is 34.7 Å². The molecule has 0 fully saturated rings. The molecule has 4 rings (SSSR count). The van der Waals surface area contributed by atoms with Crippen LogP contribution in [-0.4, -0.2) is 15.0 Å². The van der Waals surface area contributed by atoms with Crippen molar-refractivity contribution in [2.45, 2.75) is 0 Å². The quantitative estimate of drug-likeness (QED) is 0.490. The van der Waals surface area contributed by atoms with E-state index >= 15 is 0 Å². The van der Waals surface area contributed by atoms with Gasteiger partial charge < -0.3 is 9.97 Å². The zero-order valence-electron chi connectivity index (χ0n) is 10.9. The summed E-state index contributed by atoms with van der Waals surface area (Å²) in [7, 11) is 0. The molecule has 0 aliphatic heterocycles. The number of H-pyrrole nitrogens is 2. The van der Waals surface area contributed by atoms with Crippen LogP contribution in [0.15, 0.2) is 53.3 Å². The standard InChI is InChI=1S/C16H10IN3O/c17-13-9-5-1-3-7-11(9)18-15(13)14-10-6-2-4-8-12(10)19-16(21)20-14/h1-8,18H,(H,19,20,21). The highest BCUT2D eigenvalue weighted by Crippen LogP contribution is 2.32. The largest absolute Gasteiger partial charge is 0.352 e. The summed E-state index contributed by atoms with van der Waals surface area (Å²) < 4.78 is 1.08. The van der Waals surface area contributed by atoms with Gasteiger partial charge in [-0.25, -0.2) is 4.79 Å². The summed E-state index contributed by atoms with van der Waals surface area (Å²) in [5.41, 5.74) is 3.08. The van der Waals surface area contributed by atoms with E-state index in [1.165, 1.54) is 0 Å². The fourth-order valence-electron chi connectivity index (χ4n) is 2.56. The van der Waals surface area contributed by atoms with E-state index < -0.39 is 0 Å². The molecule has 0 saturated carbocycles. The summed E-state index contributed by atoms with van der Waals surface area (Å²) in [5, 5.41) is 2.07. The van der Waals surface area contributed by atoms with Crippen molar-refractivity contribution < 1.29 is 0 Å². The second-order valence-electron chi connectivity index (χ2n) is 4.80. The molecule has 4 aromatic rings. The number of aromatic nitrogens is 3. The van der Waals surface area contributed by atoms with Crippen molar-refractivity contribution in [2.24, 2.45) is 0 Å². The Balaban J connectivity index is 2.13. The van der Waals surface area contributed by atoms with Crippen LogP contribution in [-0.2, 0) is 0 Å². The van der Waals surface area contributed by atoms with Crippen LogP contribution in [0.3, 0.4) is 0 Å². The van der Waals surface area contributed by atoms with Crippen LogP contribution in [0, 0.1) is 3.57 Å². The van der Waals surface area contributed by atoms with E-state index in [0.29, 0.717) is 5.69 Å². The van der Waals surface area contributed by atoms with Gasteiger partial charge in [0, 0.05) is 19.9 Å². The minimum Gasteiger partial charge on any atom is -0.352 e. The molecule has 2 heterocycles.